The molecule has 2 nitrogen and oxygen atoms in total. The van der Waals surface area contributed by atoms with E-state index in [1.165, 1.54) is 5.56 Å². The Morgan fingerprint density at radius 3 is 2.50 bits per heavy atom. The number of aliphatic hydroxyl groups excluding tert-OH is 1. The molecule has 1 heterocycles. The molecule has 2 rings (SSSR count). The number of hydrogen-bond donors (Lipinski definition) is 1. The molecule has 0 saturated carbocycles. The number of nitrogens with zero attached hydrogens (tertiary/aromatic N) is 1. The van der Waals surface area contributed by atoms with E-state index in [-0.39, 0.29) is 0 Å². The SMILES string of the molecule is CCc1ccc(C(O)Cc2cncc(Br)c2)cc1. The summed E-state index contributed by atoms with van der Waals surface area (Å²) in [4.78, 5) is 4.10. The molecule has 1 N–H and O–H groups in total. The largest absolute Gasteiger partial charge is 0.388 e. The summed E-state index contributed by atoms with van der Waals surface area (Å²) in [6.07, 6.45) is 4.65. The number of hydrogen-bond acceptors (Lipinski definition) is 2. The molecule has 0 radical (unpaired) electrons. The number of aliphatic hydroxyl groups is 1. The van der Waals surface area contributed by atoms with E-state index in [1.54, 1.807) is 12.4 Å². The summed E-state index contributed by atoms with van der Waals surface area (Å²) in [5.74, 6) is 0. The van der Waals surface area contributed by atoms with Gasteiger partial charge in [0.25, 0.3) is 0 Å². The van der Waals surface area contributed by atoms with Crippen molar-refractivity contribution in [2.24, 2.45) is 0 Å². The van der Waals surface area contributed by atoms with Crippen LogP contribution in [0.25, 0.3) is 0 Å². The highest BCUT2D eigenvalue weighted by molar-refractivity contribution is 9.10. The van der Waals surface area contributed by atoms with Gasteiger partial charge in [-0.05, 0) is 45.1 Å². The predicted octanol–water partition coefficient (Wildman–Crippen LogP) is 3.68. The quantitative estimate of drug-likeness (QED) is 0.934. The molecule has 0 aliphatic rings. The molecule has 1 aromatic carbocycles. The maximum absolute atomic E-state index is 10.2. The van der Waals surface area contributed by atoms with Gasteiger partial charge in [0.15, 0.2) is 0 Å². The smallest absolute Gasteiger partial charge is 0.0830 e. The molecule has 1 unspecified atom stereocenters. The first-order chi connectivity index (χ1) is 8.69. The highest BCUT2D eigenvalue weighted by Crippen LogP contribution is 2.20. The van der Waals surface area contributed by atoms with Gasteiger partial charge >= 0.3 is 0 Å². The molecule has 0 saturated heterocycles. The van der Waals surface area contributed by atoms with Crippen LogP contribution in [0, 0.1) is 0 Å². The fourth-order valence-corrected chi connectivity index (χ4v) is 2.30. The molecule has 3 heteroatoms. The molecule has 0 aliphatic carbocycles. The second kappa shape index (κ2) is 6.12. The van der Waals surface area contributed by atoms with Crippen molar-refractivity contribution in [3.8, 4) is 0 Å². The number of halogens is 1. The van der Waals surface area contributed by atoms with E-state index in [4.69, 9.17) is 0 Å². The summed E-state index contributed by atoms with van der Waals surface area (Å²) in [7, 11) is 0. The number of rotatable bonds is 4. The van der Waals surface area contributed by atoms with Crippen molar-refractivity contribution >= 4 is 15.9 Å². The minimum atomic E-state index is -0.480. The first kappa shape index (κ1) is 13.2. The third-order valence-corrected chi connectivity index (χ3v) is 3.40. The van der Waals surface area contributed by atoms with Crippen LogP contribution in [0.3, 0.4) is 0 Å². The highest BCUT2D eigenvalue weighted by Gasteiger charge is 2.09. The summed E-state index contributed by atoms with van der Waals surface area (Å²) in [5.41, 5.74) is 3.26. The van der Waals surface area contributed by atoms with Gasteiger partial charge < -0.3 is 5.11 Å². The van der Waals surface area contributed by atoms with Crippen LogP contribution in [0.4, 0.5) is 0 Å². The zero-order chi connectivity index (χ0) is 13.0. The summed E-state index contributed by atoms with van der Waals surface area (Å²) in [6, 6.07) is 10.1. The number of benzene rings is 1. The van der Waals surface area contributed by atoms with Gasteiger partial charge in [-0.15, -0.1) is 0 Å². The Kier molecular flexibility index (Phi) is 4.50. The summed E-state index contributed by atoms with van der Waals surface area (Å²) < 4.78 is 0.938. The molecule has 0 spiro atoms. The summed E-state index contributed by atoms with van der Waals surface area (Å²) in [5, 5.41) is 10.2. The van der Waals surface area contributed by atoms with Crippen LogP contribution in [0.5, 0.6) is 0 Å². The molecule has 2 aromatic rings. The Balaban J connectivity index is 2.09. The minimum Gasteiger partial charge on any atom is -0.388 e. The van der Waals surface area contributed by atoms with E-state index in [0.29, 0.717) is 6.42 Å². The zero-order valence-corrected chi connectivity index (χ0v) is 11.9. The molecule has 94 valence electrons. The van der Waals surface area contributed by atoms with Crippen molar-refractivity contribution in [3.63, 3.8) is 0 Å². The van der Waals surface area contributed by atoms with Gasteiger partial charge in [0.1, 0.15) is 0 Å². The second-order valence-corrected chi connectivity index (χ2v) is 5.24. The molecular formula is C15H16BrNO. The Labute approximate surface area is 116 Å². The normalized spacial score (nSPS) is 12.4. The third kappa shape index (κ3) is 3.40. The first-order valence-electron chi connectivity index (χ1n) is 6.05. The van der Waals surface area contributed by atoms with Crippen molar-refractivity contribution in [2.75, 3.05) is 0 Å². The van der Waals surface area contributed by atoms with Crippen LogP contribution in [-0.2, 0) is 12.8 Å². The molecule has 1 atom stereocenters. The Bertz CT molecular complexity index is 510. The third-order valence-electron chi connectivity index (χ3n) is 2.96. The molecular weight excluding hydrogens is 290 g/mol. The Morgan fingerprint density at radius 1 is 1.17 bits per heavy atom. The molecule has 0 fully saturated rings. The van der Waals surface area contributed by atoms with E-state index in [1.807, 2.05) is 18.2 Å². The maximum Gasteiger partial charge on any atom is 0.0830 e. The van der Waals surface area contributed by atoms with Crippen molar-refractivity contribution in [1.82, 2.24) is 4.98 Å². The lowest BCUT2D eigenvalue weighted by molar-refractivity contribution is 0.178. The average molecular weight is 306 g/mol. The molecule has 0 bridgehead atoms. The average Bonchev–Trinajstić information content (AvgIpc) is 2.39. The molecule has 1 aromatic heterocycles. The van der Waals surface area contributed by atoms with Crippen LogP contribution in [0.1, 0.15) is 29.7 Å². The fraction of sp³-hybridized carbons (Fsp3) is 0.267. The zero-order valence-electron chi connectivity index (χ0n) is 10.3. The van der Waals surface area contributed by atoms with Crippen LogP contribution in [-0.4, -0.2) is 10.1 Å². The minimum absolute atomic E-state index is 0.480. The van der Waals surface area contributed by atoms with Gasteiger partial charge in [0, 0.05) is 23.3 Å². The number of pyridine rings is 1. The van der Waals surface area contributed by atoms with E-state index in [2.05, 4.69) is 40.0 Å². The van der Waals surface area contributed by atoms with E-state index < -0.39 is 6.10 Å². The number of aromatic nitrogens is 1. The highest BCUT2D eigenvalue weighted by atomic mass is 79.9. The molecule has 0 amide bonds. The van der Waals surface area contributed by atoms with Crippen molar-refractivity contribution in [2.45, 2.75) is 25.9 Å². The lowest BCUT2D eigenvalue weighted by Gasteiger charge is -2.11. The van der Waals surface area contributed by atoms with Crippen LogP contribution >= 0.6 is 15.9 Å². The molecule has 0 aliphatic heterocycles. The fourth-order valence-electron chi connectivity index (χ4n) is 1.88. The van der Waals surface area contributed by atoms with Crippen molar-refractivity contribution < 1.29 is 5.11 Å². The summed E-state index contributed by atoms with van der Waals surface area (Å²) >= 11 is 3.38. The lowest BCUT2D eigenvalue weighted by Crippen LogP contribution is -2.02. The van der Waals surface area contributed by atoms with Crippen LogP contribution < -0.4 is 0 Å². The van der Waals surface area contributed by atoms with Gasteiger partial charge in [-0.3, -0.25) is 4.98 Å². The van der Waals surface area contributed by atoms with Gasteiger partial charge in [-0.25, -0.2) is 0 Å². The van der Waals surface area contributed by atoms with Gasteiger partial charge in [-0.2, -0.15) is 0 Å². The molecule has 18 heavy (non-hydrogen) atoms. The Morgan fingerprint density at radius 2 is 1.89 bits per heavy atom. The van der Waals surface area contributed by atoms with Crippen molar-refractivity contribution in [1.29, 1.82) is 0 Å². The maximum atomic E-state index is 10.2. The standard InChI is InChI=1S/C15H16BrNO/c1-2-11-3-5-13(6-4-11)15(18)8-12-7-14(16)10-17-9-12/h3-7,9-10,15,18H,2,8H2,1H3. The van der Waals surface area contributed by atoms with Crippen molar-refractivity contribution in [3.05, 3.63) is 63.9 Å². The monoisotopic (exact) mass is 305 g/mol. The first-order valence-corrected chi connectivity index (χ1v) is 6.84. The van der Waals surface area contributed by atoms with Gasteiger partial charge in [0.2, 0.25) is 0 Å². The van der Waals surface area contributed by atoms with Gasteiger partial charge in [-0.1, -0.05) is 31.2 Å². The Hall–Kier alpha value is -1.19. The van der Waals surface area contributed by atoms with E-state index >= 15 is 0 Å². The van der Waals surface area contributed by atoms with Crippen LogP contribution in [0.2, 0.25) is 0 Å². The van der Waals surface area contributed by atoms with Crippen LogP contribution in [0.15, 0.2) is 47.2 Å². The predicted molar refractivity (Wildman–Crippen MR) is 76.4 cm³/mol. The second-order valence-electron chi connectivity index (χ2n) is 4.33. The summed E-state index contributed by atoms with van der Waals surface area (Å²) in [6.45, 7) is 2.12. The van der Waals surface area contributed by atoms with Gasteiger partial charge in [0.05, 0.1) is 6.10 Å². The van der Waals surface area contributed by atoms with E-state index in [9.17, 15) is 5.11 Å². The number of aryl methyl sites for hydroxylation is 1. The lowest BCUT2D eigenvalue weighted by atomic mass is 10.0. The van der Waals surface area contributed by atoms with E-state index in [0.717, 1.165) is 22.0 Å². The topological polar surface area (TPSA) is 33.1 Å².